The third-order valence-corrected chi connectivity index (χ3v) is 5.02. The number of aryl methyl sites for hydroxylation is 1. The second-order valence-electron chi connectivity index (χ2n) is 7.25. The third-order valence-electron chi connectivity index (χ3n) is 5.02. The fourth-order valence-corrected chi connectivity index (χ4v) is 3.57. The summed E-state index contributed by atoms with van der Waals surface area (Å²) in [7, 11) is 0. The number of nitrogens with zero attached hydrogens (tertiary/aromatic N) is 4. The van der Waals surface area contributed by atoms with E-state index < -0.39 is 6.04 Å². The van der Waals surface area contributed by atoms with Crippen LogP contribution in [0.2, 0.25) is 0 Å². The highest BCUT2D eigenvalue weighted by Gasteiger charge is 2.29. The van der Waals surface area contributed by atoms with Gasteiger partial charge in [0.2, 0.25) is 5.96 Å². The molecule has 4 rings (SSSR count). The minimum Gasteiger partial charge on any atom is -0.489 e. The molecule has 0 amide bonds. The number of aromatic nitrogens is 1. The number of rotatable bonds is 4. The van der Waals surface area contributed by atoms with Crippen LogP contribution < -0.4 is 26.8 Å². The molecule has 6 N–H and O–H groups in total. The largest absolute Gasteiger partial charge is 0.489 e. The highest BCUT2D eigenvalue weighted by Crippen LogP contribution is 2.41. The third kappa shape index (κ3) is 3.95. The molecule has 0 aliphatic carbocycles. The maximum atomic E-state index is 9.45. The molecule has 158 valence electrons. The predicted molar refractivity (Wildman–Crippen MR) is 121 cm³/mol. The van der Waals surface area contributed by atoms with Crippen molar-refractivity contribution in [1.29, 1.82) is 10.5 Å². The number of hydrogen-bond acceptors (Lipinski definition) is 9. The van der Waals surface area contributed by atoms with Crippen LogP contribution in [-0.4, -0.2) is 10.9 Å². The highest BCUT2D eigenvalue weighted by molar-refractivity contribution is 5.98. The van der Waals surface area contributed by atoms with Gasteiger partial charge in [-0.1, -0.05) is 42.0 Å². The minimum atomic E-state index is -0.621. The van der Waals surface area contributed by atoms with Gasteiger partial charge in [0, 0.05) is 5.56 Å². The molecule has 2 aromatic carbocycles. The van der Waals surface area contributed by atoms with Crippen LogP contribution in [0, 0.1) is 29.7 Å². The van der Waals surface area contributed by atoms with Gasteiger partial charge in [-0.2, -0.15) is 10.5 Å². The lowest BCUT2D eigenvalue weighted by molar-refractivity contribution is 0.305. The lowest BCUT2D eigenvalue weighted by Gasteiger charge is -2.26. The molecule has 1 atom stereocenters. The standard InChI is InChI=1S/C23H20N8O/c1-13-4-2-5-14(8-13)11-32-16-7-3-6-15(9-16)20-18-19(26)17(10-24)21(27)30-22(18)31-23(29-20)28-12-25/h2-9,20H,11H2,1H3,(H6,26,27,28,29,30,31). The number of nitrogen functional groups attached to an aromatic ring is 2. The topological polar surface area (TPSA) is 158 Å². The van der Waals surface area contributed by atoms with Gasteiger partial charge in [0.25, 0.3) is 0 Å². The van der Waals surface area contributed by atoms with Crippen molar-refractivity contribution in [2.45, 2.75) is 19.6 Å². The van der Waals surface area contributed by atoms with E-state index in [1.807, 2.05) is 61.7 Å². The van der Waals surface area contributed by atoms with E-state index in [0.29, 0.717) is 23.7 Å². The van der Waals surface area contributed by atoms with E-state index in [4.69, 9.17) is 21.5 Å². The Morgan fingerprint density at radius 3 is 2.72 bits per heavy atom. The Labute approximate surface area is 185 Å². The van der Waals surface area contributed by atoms with Crippen molar-refractivity contribution in [3.63, 3.8) is 0 Å². The fraction of sp³-hybridized carbons (Fsp3) is 0.130. The van der Waals surface area contributed by atoms with Gasteiger partial charge in [-0.3, -0.25) is 5.32 Å². The van der Waals surface area contributed by atoms with Gasteiger partial charge in [-0.05, 0) is 30.2 Å². The predicted octanol–water partition coefficient (Wildman–Crippen LogP) is 2.95. The van der Waals surface area contributed by atoms with Crippen LogP contribution in [0.3, 0.4) is 0 Å². The number of benzene rings is 2. The Hall–Kier alpha value is -4.76. The Morgan fingerprint density at radius 2 is 1.97 bits per heavy atom. The van der Waals surface area contributed by atoms with Crippen molar-refractivity contribution in [1.82, 2.24) is 10.3 Å². The van der Waals surface area contributed by atoms with Crippen LogP contribution in [0.15, 0.2) is 53.5 Å². The quantitative estimate of drug-likeness (QED) is 0.367. The molecule has 1 aliphatic rings. The molecule has 1 aromatic heterocycles. The summed E-state index contributed by atoms with van der Waals surface area (Å²) in [5.41, 5.74) is 15.9. The number of nitrogens with one attached hydrogen (secondary N) is 2. The zero-order chi connectivity index (χ0) is 22.7. The molecule has 0 spiro atoms. The summed E-state index contributed by atoms with van der Waals surface area (Å²) >= 11 is 0. The number of pyridine rings is 1. The van der Waals surface area contributed by atoms with Crippen molar-refractivity contribution >= 4 is 23.3 Å². The van der Waals surface area contributed by atoms with Crippen molar-refractivity contribution in [3.05, 3.63) is 76.3 Å². The lowest BCUT2D eigenvalue weighted by Crippen LogP contribution is -2.32. The molecule has 0 fully saturated rings. The van der Waals surface area contributed by atoms with E-state index in [0.717, 1.165) is 16.7 Å². The Morgan fingerprint density at radius 1 is 1.16 bits per heavy atom. The maximum absolute atomic E-state index is 9.45. The zero-order valence-electron chi connectivity index (χ0n) is 17.3. The molecule has 9 heteroatoms. The van der Waals surface area contributed by atoms with Crippen LogP contribution in [0.1, 0.15) is 33.9 Å². The first-order valence-electron chi connectivity index (χ1n) is 9.77. The van der Waals surface area contributed by atoms with Crippen molar-refractivity contribution in [3.8, 4) is 18.0 Å². The van der Waals surface area contributed by atoms with Crippen molar-refractivity contribution in [2.75, 3.05) is 16.8 Å². The van der Waals surface area contributed by atoms with E-state index >= 15 is 0 Å². The van der Waals surface area contributed by atoms with Gasteiger partial charge in [-0.15, -0.1) is 0 Å². The van der Waals surface area contributed by atoms with Crippen LogP contribution in [0.4, 0.5) is 17.3 Å². The monoisotopic (exact) mass is 424 g/mol. The Kier molecular flexibility index (Phi) is 5.47. The van der Waals surface area contributed by atoms with Gasteiger partial charge in [0.05, 0.1) is 5.69 Å². The Balaban J connectivity index is 1.72. The van der Waals surface area contributed by atoms with Crippen LogP contribution >= 0.6 is 0 Å². The highest BCUT2D eigenvalue weighted by atomic mass is 16.5. The fourth-order valence-electron chi connectivity index (χ4n) is 3.57. The van der Waals surface area contributed by atoms with E-state index in [-0.39, 0.29) is 23.0 Å². The zero-order valence-corrected chi connectivity index (χ0v) is 17.3. The number of nitrogens with two attached hydrogens (primary N) is 2. The second-order valence-corrected chi connectivity index (χ2v) is 7.25. The number of guanidine groups is 1. The van der Waals surface area contributed by atoms with Gasteiger partial charge in [0.15, 0.2) is 6.19 Å². The van der Waals surface area contributed by atoms with Crippen LogP contribution in [-0.2, 0) is 6.61 Å². The number of ether oxygens (including phenoxy) is 1. The molecule has 2 heterocycles. The molecular formula is C23H20N8O. The minimum absolute atomic E-state index is 0.00319. The SMILES string of the molecule is Cc1cccc(COc2cccc(C3N=C(NC#N)Nc4nc(N)c(C#N)c(N)c43)c2)c1. The number of aliphatic imine (C=N–C) groups is 1. The summed E-state index contributed by atoms with van der Waals surface area (Å²) < 4.78 is 5.98. The maximum Gasteiger partial charge on any atom is 0.211 e. The lowest BCUT2D eigenvalue weighted by atomic mass is 9.95. The summed E-state index contributed by atoms with van der Waals surface area (Å²) in [6, 6.07) is 16.9. The molecule has 3 aromatic rings. The van der Waals surface area contributed by atoms with Gasteiger partial charge in [0.1, 0.15) is 41.7 Å². The van der Waals surface area contributed by atoms with E-state index in [2.05, 4.69) is 26.7 Å². The van der Waals surface area contributed by atoms with Gasteiger partial charge in [-0.25, -0.2) is 9.98 Å². The normalized spacial score (nSPS) is 14.2. The van der Waals surface area contributed by atoms with Crippen LogP contribution in [0.5, 0.6) is 5.75 Å². The van der Waals surface area contributed by atoms with Crippen molar-refractivity contribution < 1.29 is 4.74 Å². The molecule has 0 radical (unpaired) electrons. The van der Waals surface area contributed by atoms with E-state index in [1.54, 1.807) is 0 Å². The summed E-state index contributed by atoms with van der Waals surface area (Å²) in [6.07, 6.45) is 1.84. The first-order valence-corrected chi connectivity index (χ1v) is 9.77. The molecule has 32 heavy (non-hydrogen) atoms. The van der Waals surface area contributed by atoms with Gasteiger partial charge < -0.3 is 21.5 Å². The number of anilines is 3. The summed E-state index contributed by atoms with van der Waals surface area (Å²) in [6.45, 7) is 2.45. The molecule has 9 nitrogen and oxygen atoms in total. The smallest absolute Gasteiger partial charge is 0.211 e. The number of fused-ring (bicyclic) bond motifs is 1. The number of nitriles is 2. The van der Waals surface area contributed by atoms with Gasteiger partial charge >= 0.3 is 0 Å². The summed E-state index contributed by atoms with van der Waals surface area (Å²) in [5.74, 6) is 1.19. The summed E-state index contributed by atoms with van der Waals surface area (Å²) in [5, 5.41) is 23.9. The van der Waals surface area contributed by atoms with E-state index in [9.17, 15) is 5.26 Å². The molecule has 1 aliphatic heterocycles. The molecule has 1 unspecified atom stereocenters. The average molecular weight is 424 g/mol. The molecule has 0 saturated carbocycles. The molecule has 0 saturated heterocycles. The van der Waals surface area contributed by atoms with Crippen LogP contribution in [0.25, 0.3) is 0 Å². The van der Waals surface area contributed by atoms with E-state index in [1.165, 1.54) is 0 Å². The summed E-state index contributed by atoms with van der Waals surface area (Å²) in [4.78, 5) is 8.83. The first-order chi connectivity index (χ1) is 15.5. The number of hydrogen-bond donors (Lipinski definition) is 4. The molecular weight excluding hydrogens is 404 g/mol. The second kappa shape index (κ2) is 8.54. The Bertz CT molecular complexity index is 1300. The molecule has 0 bridgehead atoms. The first kappa shape index (κ1) is 20.5. The van der Waals surface area contributed by atoms with Crippen molar-refractivity contribution in [2.24, 2.45) is 4.99 Å². The average Bonchev–Trinajstić information content (AvgIpc) is 2.78.